The van der Waals surface area contributed by atoms with E-state index in [2.05, 4.69) is 35.8 Å². The first kappa shape index (κ1) is 15.5. The first-order valence-electron chi connectivity index (χ1n) is 8.43. The molecule has 2 unspecified atom stereocenters. The summed E-state index contributed by atoms with van der Waals surface area (Å²) in [6, 6.07) is 8.55. The fraction of sp³-hybridized carbons (Fsp3) is 0.474. The number of piperidine rings is 1. The van der Waals surface area contributed by atoms with Crippen LogP contribution in [0.4, 0.5) is 0 Å². The van der Waals surface area contributed by atoms with Gasteiger partial charge < -0.3 is 10.1 Å². The quantitative estimate of drug-likeness (QED) is 0.829. The van der Waals surface area contributed by atoms with Crippen molar-refractivity contribution >= 4 is 22.9 Å². The van der Waals surface area contributed by atoms with Gasteiger partial charge in [-0.15, -0.1) is 11.3 Å². The Morgan fingerprint density at radius 1 is 1.13 bits per heavy atom. The largest absolute Gasteiger partial charge is 0.490 e. The molecule has 4 heteroatoms. The molecule has 1 saturated carbocycles. The average Bonchev–Trinajstić information content (AvgIpc) is 3.21. The Morgan fingerprint density at radius 2 is 1.91 bits per heavy atom. The zero-order chi connectivity index (χ0) is 15.8. The molecule has 2 heterocycles. The van der Waals surface area contributed by atoms with Crippen LogP contribution in [0.15, 0.2) is 29.6 Å². The minimum Gasteiger partial charge on any atom is -0.490 e. The van der Waals surface area contributed by atoms with Gasteiger partial charge in [-0.2, -0.15) is 0 Å². The molecule has 4 rings (SSSR count). The maximum Gasteiger partial charge on any atom is 0.121 e. The maximum absolute atomic E-state index is 6.56. The van der Waals surface area contributed by atoms with Crippen molar-refractivity contribution in [1.82, 2.24) is 5.32 Å². The van der Waals surface area contributed by atoms with E-state index >= 15 is 0 Å². The number of rotatable bonds is 4. The number of hydrogen-bond acceptors (Lipinski definition) is 3. The average molecular weight is 348 g/mol. The molecule has 23 heavy (non-hydrogen) atoms. The van der Waals surface area contributed by atoms with Crippen LogP contribution >= 0.6 is 22.9 Å². The topological polar surface area (TPSA) is 21.3 Å². The summed E-state index contributed by atoms with van der Waals surface area (Å²) in [7, 11) is 0. The van der Waals surface area contributed by atoms with Crippen LogP contribution in [-0.2, 0) is 0 Å². The van der Waals surface area contributed by atoms with Crippen molar-refractivity contribution < 1.29 is 4.74 Å². The molecule has 2 aromatic rings. The minimum absolute atomic E-state index is 0.320. The Bertz CT molecular complexity index is 692. The lowest BCUT2D eigenvalue weighted by atomic mass is 10.0. The Labute approximate surface area is 146 Å². The van der Waals surface area contributed by atoms with Crippen molar-refractivity contribution in [2.75, 3.05) is 13.1 Å². The van der Waals surface area contributed by atoms with Crippen LogP contribution in [-0.4, -0.2) is 19.2 Å². The van der Waals surface area contributed by atoms with Gasteiger partial charge in [0.1, 0.15) is 11.9 Å². The van der Waals surface area contributed by atoms with Crippen LogP contribution < -0.4 is 10.1 Å². The van der Waals surface area contributed by atoms with Crippen LogP contribution in [0.1, 0.15) is 47.1 Å². The molecule has 1 aromatic heterocycles. The van der Waals surface area contributed by atoms with Crippen LogP contribution in [0.25, 0.3) is 0 Å². The molecule has 2 fully saturated rings. The number of halogens is 1. The molecule has 0 amide bonds. The van der Waals surface area contributed by atoms with E-state index in [1.54, 1.807) is 0 Å². The third kappa shape index (κ3) is 3.28. The van der Waals surface area contributed by atoms with Crippen LogP contribution in [0.3, 0.4) is 0 Å². The zero-order valence-electron chi connectivity index (χ0n) is 13.3. The van der Waals surface area contributed by atoms with Crippen molar-refractivity contribution in [3.8, 4) is 5.75 Å². The number of benzene rings is 1. The summed E-state index contributed by atoms with van der Waals surface area (Å²) in [4.78, 5) is 1.44. The normalized spacial score (nSPS) is 24.6. The Hall–Kier alpha value is -1.03. The summed E-state index contributed by atoms with van der Waals surface area (Å²) in [6.07, 6.45) is 3.68. The molecule has 1 aromatic carbocycles. The Kier molecular flexibility index (Phi) is 4.35. The van der Waals surface area contributed by atoms with Crippen LogP contribution in [0, 0.1) is 6.92 Å². The van der Waals surface area contributed by atoms with E-state index in [9.17, 15) is 0 Å². The summed E-state index contributed by atoms with van der Waals surface area (Å²) in [5.41, 5.74) is 2.78. The van der Waals surface area contributed by atoms with Crippen molar-refractivity contribution in [3.63, 3.8) is 0 Å². The molecule has 1 N–H and O–H groups in total. The smallest absolute Gasteiger partial charge is 0.121 e. The predicted octanol–water partition coefficient (Wildman–Crippen LogP) is 5.11. The zero-order valence-corrected chi connectivity index (χ0v) is 14.9. The van der Waals surface area contributed by atoms with E-state index in [0.29, 0.717) is 17.9 Å². The first-order chi connectivity index (χ1) is 11.2. The molecule has 2 nitrogen and oxygen atoms in total. The SMILES string of the molecule is Cc1sccc1C1CC1c1ccc(OC2CCNCC2)cc1Cl. The van der Waals surface area contributed by atoms with Crippen molar-refractivity contribution in [3.05, 3.63) is 50.7 Å². The molecular weight excluding hydrogens is 326 g/mol. The minimum atomic E-state index is 0.320. The number of nitrogens with one attached hydrogen (secondary N) is 1. The third-order valence-corrected chi connectivity index (χ3v) is 6.24. The summed E-state index contributed by atoms with van der Waals surface area (Å²) in [6.45, 7) is 4.30. The van der Waals surface area contributed by atoms with Gasteiger partial charge in [0, 0.05) is 9.90 Å². The molecule has 1 aliphatic carbocycles. The highest BCUT2D eigenvalue weighted by molar-refractivity contribution is 7.10. The van der Waals surface area contributed by atoms with Crippen molar-refractivity contribution in [2.24, 2.45) is 0 Å². The van der Waals surface area contributed by atoms with Gasteiger partial charge in [-0.3, -0.25) is 0 Å². The standard InChI is InChI=1S/C19H22ClNOS/c1-12-15(6-9-23-12)17-11-18(17)16-3-2-14(10-19(16)20)22-13-4-7-21-8-5-13/h2-3,6,9-10,13,17-18,21H,4-5,7-8,11H2,1H3. The predicted molar refractivity (Wildman–Crippen MR) is 97.1 cm³/mol. The van der Waals surface area contributed by atoms with E-state index < -0.39 is 0 Å². The van der Waals surface area contributed by atoms with Gasteiger partial charge in [-0.1, -0.05) is 17.7 Å². The van der Waals surface area contributed by atoms with Crippen LogP contribution in [0.2, 0.25) is 5.02 Å². The fourth-order valence-corrected chi connectivity index (χ4v) is 4.73. The summed E-state index contributed by atoms with van der Waals surface area (Å²) >= 11 is 8.40. The van der Waals surface area contributed by atoms with Gasteiger partial charge in [-0.05, 0) is 85.8 Å². The van der Waals surface area contributed by atoms with Gasteiger partial charge in [0.05, 0.1) is 0 Å². The first-order valence-corrected chi connectivity index (χ1v) is 9.69. The maximum atomic E-state index is 6.56. The van der Waals surface area contributed by atoms with Gasteiger partial charge in [-0.25, -0.2) is 0 Å². The van der Waals surface area contributed by atoms with Gasteiger partial charge in [0.2, 0.25) is 0 Å². The molecule has 2 aliphatic rings. The van der Waals surface area contributed by atoms with Crippen LogP contribution in [0.5, 0.6) is 5.75 Å². The van der Waals surface area contributed by atoms with Crippen molar-refractivity contribution in [2.45, 2.75) is 44.1 Å². The highest BCUT2D eigenvalue weighted by atomic mass is 35.5. The Balaban J connectivity index is 1.45. The van der Waals surface area contributed by atoms with E-state index in [-0.39, 0.29) is 0 Å². The molecule has 1 saturated heterocycles. The molecule has 2 atom stereocenters. The second-order valence-corrected chi connectivity index (χ2v) is 8.16. The molecule has 0 spiro atoms. The summed E-state index contributed by atoms with van der Waals surface area (Å²) in [5, 5.41) is 6.41. The lowest BCUT2D eigenvalue weighted by Gasteiger charge is -2.24. The molecular formula is C19H22ClNOS. The van der Waals surface area contributed by atoms with E-state index in [1.165, 1.54) is 22.4 Å². The second kappa shape index (κ2) is 6.46. The highest BCUT2D eigenvalue weighted by Gasteiger charge is 2.41. The van der Waals surface area contributed by atoms with Gasteiger partial charge in [0.25, 0.3) is 0 Å². The Morgan fingerprint density at radius 3 is 2.61 bits per heavy atom. The lowest BCUT2D eigenvalue weighted by molar-refractivity contribution is 0.162. The fourth-order valence-electron chi connectivity index (χ4n) is 3.65. The number of ether oxygens (including phenoxy) is 1. The second-order valence-electron chi connectivity index (χ2n) is 6.63. The number of aryl methyl sites for hydroxylation is 1. The highest BCUT2D eigenvalue weighted by Crippen LogP contribution is 2.57. The molecule has 0 radical (unpaired) electrons. The number of thiophene rings is 1. The van der Waals surface area contributed by atoms with Gasteiger partial charge >= 0.3 is 0 Å². The van der Waals surface area contributed by atoms with E-state index in [1.807, 2.05) is 17.4 Å². The van der Waals surface area contributed by atoms with Gasteiger partial charge in [0.15, 0.2) is 0 Å². The lowest BCUT2D eigenvalue weighted by Crippen LogP contribution is -2.34. The third-order valence-electron chi connectivity index (χ3n) is 5.05. The molecule has 122 valence electrons. The van der Waals surface area contributed by atoms with Crippen molar-refractivity contribution in [1.29, 1.82) is 0 Å². The molecule has 0 bridgehead atoms. The van der Waals surface area contributed by atoms with E-state index in [0.717, 1.165) is 36.7 Å². The molecule has 1 aliphatic heterocycles. The summed E-state index contributed by atoms with van der Waals surface area (Å²) in [5.74, 6) is 2.13. The van der Waals surface area contributed by atoms with E-state index in [4.69, 9.17) is 16.3 Å². The monoisotopic (exact) mass is 347 g/mol. The number of hydrogen-bond donors (Lipinski definition) is 1. The summed E-state index contributed by atoms with van der Waals surface area (Å²) < 4.78 is 6.09.